The molecule has 2 aliphatic rings. The number of hydrogen-bond acceptors (Lipinski definition) is 3. The highest BCUT2D eigenvalue weighted by atomic mass is 32.2. The van der Waals surface area contributed by atoms with Gasteiger partial charge in [-0.2, -0.15) is 0 Å². The van der Waals surface area contributed by atoms with Gasteiger partial charge >= 0.3 is 5.97 Å². The molecule has 124 valence electrons. The maximum atomic E-state index is 13.0. The van der Waals surface area contributed by atoms with Crippen LogP contribution in [-0.2, 0) is 9.59 Å². The van der Waals surface area contributed by atoms with E-state index < -0.39 is 12.0 Å². The molecule has 2 unspecified atom stereocenters. The van der Waals surface area contributed by atoms with Crippen LogP contribution in [0, 0.1) is 12.8 Å². The van der Waals surface area contributed by atoms with Crippen molar-refractivity contribution in [3.63, 3.8) is 0 Å². The number of carbonyl (C=O) groups is 2. The first-order valence-corrected chi connectivity index (χ1v) is 9.36. The minimum absolute atomic E-state index is 0.00255. The molecule has 1 aliphatic heterocycles. The van der Waals surface area contributed by atoms with Gasteiger partial charge in [-0.3, -0.25) is 4.79 Å². The number of rotatable bonds is 3. The number of aliphatic carboxylic acids is 1. The lowest BCUT2D eigenvalue weighted by molar-refractivity contribution is -0.151. The molecule has 1 aromatic carbocycles. The Bertz CT molecular complexity index is 580. The van der Waals surface area contributed by atoms with Crippen molar-refractivity contribution in [2.45, 2.75) is 50.4 Å². The number of carboxylic acid groups (broad SMARTS) is 1. The summed E-state index contributed by atoms with van der Waals surface area (Å²) in [6.45, 7) is 2.02. The molecular weight excluding hydrogens is 310 g/mol. The van der Waals surface area contributed by atoms with E-state index in [-0.39, 0.29) is 17.2 Å². The van der Waals surface area contributed by atoms with E-state index in [0.717, 1.165) is 36.8 Å². The van der Waals surface area contributed by atoms with Gasteiger partial charge in [-0.1, -0.05) is 49.1 Å². The number of amides is 1. The summed E-state index contributed by atoms with van der Waals surface area (Å²) in [5, 5.41) is 9.36. The van der Waals surface area contributed by atoms with Gasteiger partial charge in [0.05, 0.1) is 0 Å². The van der Waals surface area contributed by atoms with E-state index in [2.05, 4.69) is 0 Å². The van der Waals surface area contributed by atoms with Crippen LogP contribution in [0.15, 0.2) is 24.3 Å². The second-order valence-electron chi connectivity index (χ2n) is 6.53. The number of nitrogens with zero attached hydrogens (tertiary/aromatic N) is 1. The van der Waals surface area contributed by atoms with E-state index in [1.54, 1.807) is 16.7 Å². The lowest BCUT2D eigenvalue weighted by Gasteiger charge is -2.32. The third kappa shape index (κ3) is 3.39. The van der Waals surface area contributed by atoms with Crippen LogP contribution in [0.4, 0.5) is 0 Å². The molecule has 0 radical (unpaired) electrons. The summed E-state index contributed by atoms with van der Waals surface area (Å²) >= 11 is 1.56. The fourth-order valence-corrected chi connectivity index (χ4v) is 4.94. The van der Waals surface area contributed by atoms with Gasteiger partial charge in [-0.05, 0) is 25.3 Å². The zero-order valence-corrected chi connectivity index (χ0v) is 14.2. The fourth-order valence-electron chi connectivity index (χ4n) is 3.51. The molecule has 1 aromatic rings. The standard InChI is InChI=1S/C18H23NO3S/c1-12-7-9-14(10-8-12)17-19(15(11-23-17)18(21)22)16(20)13-5-3-2-4-6-13/h7-10,13,15,17H,2-6,11H2,1H3,(H,21,22). The maximum Gasteiger partial charge on any atom is 0.327 e. The molecule has 2 fully saturated rings. The smallest absolute Gasteiger partial charge is 0.327 e. The number of carboxylic acids is 1. The Morgan fingerprint density at radius 1 is 1.13 bits per heavy atom. The third-order valence-electron chi connectivity index (χ3n) is 4.86. The van der Waals surface area contributed by atoms with Crippen molar-refractivity contribution in [1.82, 2.24) is 4.90 Å². The van der Waals surface area contributed by atoms with Gasteiger partial charge in [-0.15, -0.1) is 11.8 Å². The molecule has 1 aliphatic carbocycles. The molecule has 3 rings (SSSR count). The number of thioether (sulfide) groups is 1. The van der Waals surface area contributed by atoms with Crippen LogP contribution in [0.25, 0.3) is 0 Å². The second-order valence-corrected chi connectivity index (χ2v) is 7.64. The molecule has 1 saturated carbocycles. The predicted octanol–water partition coefficient (Wildman–Crippen LogP) is 3.60. The molecule has 1 N–H and O–H groups in total. The summed E-state index contributed by atoms with van der Waals surface area (Å²) < 4.78 is 0. The van der Waals surface area contributed by atoms with E-state index in [1.165, 1.54) is 6.42 Å². The zero-order chi connectivity index (χ0) is 16.4. The first kappa shape index (κ1) is 16.4. The van der Waals surface area contributed by atoms with Gasteiger partial charge in [0.15, 0.2) is 0 Å². The van der Waals surface area contributed by atoms with Crippen LogP contribution < -0.4 is 0 Å². The van der Waals surface area contributed by atoms with Gasteiger partial charge in [-0.25, -0.2) is 4.79 Å². The quantitative estimate of drug-likeness (QED) is 0.918. The minimum atomic E-state index is -0.892. The van der Waals surface area contributed by atoms with Crippen molar-refractivity contribution in [3.8, 4) is 0 Å². The van der Waals surface area contributed by atoms with Gasteiger partial charge in [0, 0.05) is 11.7 Å². The van der Waals surface area contributed by atoms with Crippen LogP contribution in [0.5, 0.6) is 0 Å². The minimum Gasteiger partial charge on any atom is -0.480 e. The molecule has 1 amide bonds. The molecule has 0 aromatic heterocycles. The Hall–Kier alpha value is -1.49. The van der Waals surface area contributed by atoms with E-state index in [1.807, 2.05) is 31.2 Å². The number of carbonyl (C=O) groups excluding carboxylic acids is 1. The molecular formula is C18H23NO3S. The highest BCUT2D eigenvalue weighted by Gasteiger charge is 2.44. The number of benzene rings is 1. The Balaban J connectivity index is 1.87. The lowest BCUT2D eigenvalue weighted by Crippen LogP contribution is -2.46. The Labute approximate surface area is 141 Å². The van der Waals surface area contributed by atoms with E-state index >= 15 is 0 Å². The summed E-state index contributed by atoms with van der Waals surface area (Å²) in [7, 11) is 0. The van der Waals surface area contributed by atoms with Crippen molar-refractivity contribution in [2.75, 3.05) is 5.75 Å². The van der Waals surface area contributed by atoms with E-state index in [4.69, 9.17) is 0 Å². The molecule has 0 bridgehead atoms. The molecule has 5 heteroatoms. The third-order valence-corrected chi connectivity index (χ3v) is 6.18. The van der Waals surface area contributed by atoms with Crippen molar-refractivity contribution in [1.29, 1.82) is 0 Å². The molecule has 1 heterocycles. The summed E-state index contributed by atoms with van der Waals surface area (Å²) in [5.74, 6) is -0.395. The van der Waals surface area contributed by atoms with Crippen molar-refractivity contribution in [3.05, 3.63) is 35.4 Å². The van der Waals surface area contributed by atoms with Crippen LogP contribution >= 0.6 is 11.8 Å². The van der Waals surface area contributed by atoms with Gasteiger partial charge in [0.25, 0.3) is 0 Å². The lowest BCUT2D eigenvalue weighted by atomic mass is 9.88. The molecule has 23 heavy (non-hydrogen) atoms. The highest BCUT2D eigenvalue weighted by molar-refractivity contribution is 7.99. The molecule has 1 saturated heterocycles. The molecule has 0 spiro atoms. The monoisotopic (exact) mass is 333 g/mol. The van der Waals surface area contributed by atoms with E-state index in [0.29, 0.717) is 5.75 Å². The highest BCUT2D eigenvalue weighted by Crippen LogP contribution is 2.43. The first-order valence-electron chi connectivity index (χ1n) is 8.31. The van der Waals surface area contributed by atoms with Gasteiger partial charge in [0.1, 0.15) is 11.4 Å². The van der Waals surface area contributed by atoms with Crippen molar-refractivity contribution < 1.29 is 14.7 Å². The predicted molar refractivity (Wildman–Crippen MR) is 91.2 cm³/mol. The summed E-state index contributed by atoms with van der Waals surface area (Å²) in [6, 6.07) is 7.36. The molecule has 4 nitrogen and oxygen atoms in total. The Morgan fingerprint density at radius 2 is 1.78 bits per heavy atom. The van der Waals surface area contributed by atoms with Crippen LogP contribution in [0.3, 0.4) is 0 Å². The van der Waals surface area contributed by atoms with Crippen LogP contribution in [-0.4, -0.2) is 33.7 Å². The average Bonchev–Trinajstić information content (AvgIpc) is 3.01. The summed E-state index contributed by atoms with van der Waals surface area (Å²) in [4.78, 5) is 26.3. The topological polar surface area (TPSA) is 57.6 Å². The van der Waals surface area contributed by atoms with Crippen LogP contribution in [0.1, 0.15) is 48.6 Å². The SMILES string of the molecule is Cc1ccc(C2SCC(C(=O)O)N2C(=O)C2CCCCC2)cc1. The Kier molecular flexibility index (Phi) is 4.95. The zero-order valence-electron chi connectivity index (χ0n) is 13.4. The second kappa shape index (κ2) is 6.95. The van der Waals surface area contributed by atoms with Gasteiger partial charge in [0.2, 0.25) is 5.91 Å². The fraction of sp³-hybridized carbons (Fsp3) is 0.556. The van der Waals surface area contributed by atoms with Crippen molar-refractivity contribution in [2.24, 2.45) is 5.92 Å². The first-order chi connectivity index (χ1) is 11.1. The Morgan fingerprint density at radius 3 is 2.39 bits per heavy atom. The largest absolute Gasteiger partial charge is 0.480 e. The number of aryl methyl sites for hydroxylation is 1. The van der Waals surface area contributed by atoms with Crippen molar-refractivity contribution >= 4 is 23.6 Å². The maximum absolute atomic E-state index is 13.0. The molecule has 2 atom stereocenters. The summed E-state index contributed by atoms with van der Waals surface area (Å²) in [6.07, 6.45) is 5.12. The normalized spacial score (nSPS) is 25.5. The van der Waals surface area contributed by atoms with E-state index in [9.17, 15) is 14.7 Å². The summed E-state index contributed by atoms with van der Waals surface area (Å²) in [5.41, 5.74) is 2.19. The number of hydrogen-bond donors (Lipinski definition) is 1. The average molecular weight is 333 g/mol. The van der Waals surface area contributed by atoms with Crippen LogP contribution in [0.2, 0.25) is 0 Å². The van der Waals surface area contributed by atoms with Gasteiger partial charge < -0.3 is 10.0 Å².